The van der Waals surface area contributed by atoms with Crippen molar-refractivity contribution < 1.29 is 14.3 Å². The van der Waals surface area contributed by atoms with Gasteiger partial charge in [0.15, 0.2) is 0 Å². The Hall–Kier alpha value is -3.66. The number of amidine groups is 1. The summed E-state index contributed by atoms with van der Waals surface area (Å²) < 4.78 is 6.29. The quantitative estimate of drug-likeness (QED) is 0.267. The number of rotatable bonds is 6. The van der Waals surface area contributed by atoms with E-state index in [2.05, 4.69) is 39.5 Å². The van der Waals surface area contributed by atoms with Crippen molar-refractivity contribution in [3.05, 3.63) is 93.2 Å². The molecule has 0 aliphatic carbocycles. The molecular weight excluding hydrogens is 671 g/mol. The van der Waals surface area contributed by atoms with Crippen LogP contribution in [0.2, 0.25) is 10.0 Å². The van der Waals surface area contributed by atoms with Crippen molar-refractivity contribution >= 4 is 41.0 Å². The molecule has 3 amide bonds. The minimum absolute atomic E-state index is 0.143. The molecule has 2 saturated heterocycles. The Morgan fingerprint density at radius 2 is 1.54 bits per heavy atom. The molecule has 2 aromatic carbocycles. The zero-order valence-electron chi connectivity index (χ0n) is 30.2. The average molecular weight is 720 g/mol. The fraction of sp³-hybridized carbons (Fsp3) is 0.487. The van der Waals surface area contributed by atoms with E-state index in [4.69, 9.17) is 37.9 Å². The molecule has 266 valence electrons. The van der Waals surface area contributed by atoms with Gasteiger partial charge in [-0.25, -0.2) is 4.79 Å². The molecule has 2 atom stereocenters. The van der Waals surface area contributed by atoms with Gasteiger partial charge in [0.1, 0.15) is 22.7 Å². The molecule has 50 heavy (non-hydrogen) atoms. The average Bonchev–Trinajstić information content (AvgIpc) is 3.33. The normalized spacial score (nSPS) is 23.7. The highest BCUT2D eigenvalue weighted by atomic mass is 35.5. The van der Waals surface area contributed by atoms with Gasteiger partial charge in [-0.15, -0.1) is 0 Å². The standard InChI is InChI=1S/C39H48Cl2N6O3/c1-8-50-32-23-33(37(2,3)4)42-24-31(32)35-43-38(5,26-9-13-28(40)14-10-26)39(6,27-11-15-29(41)16-12-27)47(35)36(49)45-19-17-30(18-20-45)46-22-21-44(7)34(48)25-46/h9-16,23-24,30H,8,17-22,25H2,1-7H3/t38-,39+/m0/s1. The summed E-state index contributed by atoms with van der Waals surface area (Å²) in [7, 11) is 1.86. The number of aromatic nitrogens is 1. The van der Waals surface area contributed by atoms with Gasteiger partial charge < -0.3 is 14.5 Å². The van der Waals surface area contributed by atoms with E-state index < -0.39 is 11.1 Å². The van der Waals surface area contributed by atoms with Gasteiger partial charge >= 0.3 is 6.03 Å². The summed E-state index contributed by atoms with van der Waals surface area (Å²) in [4.78, 5) is 46.1. The molecule has 9 nitrogen and oxygen atoms in total. The first-order valence-corrected chi connectivity index (χ1v) is 18.3. The molecule has 3 aliphatic heterocycles. The van der Waals surface area contributed by atoms with E-state index in [0.717, 1.165) is 42.8 Å². The molecule has 3 aromatic rings. The van der Waals surface area contributed by atoms with Gasteiger partial charge in [0.2, 0.25) is 5.91 Å². The van der Waals surface area contributed by atoms with Crippen LogP contribution in [0.15, 0.2) is 65.8 Å². The number of likely N-dealkylation sites (tertiary alicyclic amines) is 1. The predicted molar refractivity (Wildman–Crippen MR) is 199 cm³/mol. The molecule has 0 spiro atoms. The van der Waals surface area contributed by atoms with Crippen LogP contribution in [0, 0.1) is 0 Å². The molecule has 2 fully saturated rings. The SMILES string of the molecule is CCOc1cc(C(C)(C)C)ncc1C1=N[C@@](C)(c2ccc(Cl)cc2)[C@@](C)(c2ccc(Cl)cc2)N1C(=O)N1CCC(N2CCN(C)C(=O)C2)CC1. The third-order valence-corrected chi connectivity index (χ3v) is 11.4. The lowest BCUT2D eigenvalue weighted by molar-refractivity contribution is -0.135. The molecule has 0 saturated carbocycles. The number of carbonyl (C=O) groups excluding carboxylic acids is 2. The third-order valence-electron chi connectivity index (χ3n) is 10.9. The first-order chi connectivity index (χ1) is 23.7. The lowest BCUT2D eigenvalue weighted by Crippen LogP contribution is -2.60. The fourth-order valence-corrected chi connectivity index (χ4v) is 7.76. The van der Waals surface area contributed by atoms with Crippen LogP contribution in [0.5, 0.6) is 5.75 Å². The Kier molecular flexibility index (Phi) is 9.98. The highest BCUT2D eigenvalue weighted by molar-refractivity contribution is 6.30. The van der Waals surface area contributed by atoms with Crippen LogP contribution in [0.1, 0.15) is 76.8 Å². The maximum atomic E-state index is 15.3. The fourth-order valence-electron chi connectivity index (χ4n) is 7.51. The highest BCUT2D eigenvalue weighted by Crippen LogP contribution is 2.54. The van der Waals surface area contributed by atoms with Crippen LogP contribution in [0.25, 0.3) is 0 Å². The predicted octanol–water partition coefficient (Wildman–Crippen LogP) is 7.34. The Morgan fingerprint density at radius 1 is 0.940 bits per heavy atom. The second kappa shape index (κ2) is 13.8. The van der Waals surface area contributed by atoms with E-state index in [0.29, 0.717) is 53.4 Å². The zero-order valence-corrected chi connectivity index (χ0v) is 31.7. The molecule has 11 heteroatoms. The van der Waals surface area contributed by atoms with Gasteiger partial charge in [0.25, 0.3) is 0 Å². The lowest BCUT2D eigenvalue weighted by atomic mass is 9.71. The van der Waals surface area contributed by atoms with Crippen molar-refractivity contribution in [3.63, 3.8) is 0 Å². The molecule has 3 aliphatic rings. The maximum absolute atomic E-state index is 15.3. The molecule has 0 bridgehead atoms. The number of hydrogen-bond acceptors (Lipinski definition) is 6. The number of piperazine rings is 1. The number of likely N-dealkylation sites (N-methyl/N-ethyl adjacent to an activating group) is 1. The van der Waals surface area contributed by atoms with Crippen molar-refractivity contribution in [2.45, 2.75) is 76.9 Å². The maximum Gasteiger partial charge on any atom is 0.326 e. The minimum atomic E-state index is -1.01. The van der Waals surface area contributed by atoms with Crippen LogP contribution >= 0.6 is 23.2 Å². The summed E-state index contributed by atoms with van der Waals surface area (Å²) in [5, 5.41) is 1.22. The van der Waals surface area contributed by atoms with Crippen LogP contribution < -0.4 is 4.74 Å². The summed E-state index contributed by atoms with van der Waals surface area (Å²) in [6, 6.07) is 17.5. The van der Waals surface area contributed by atoms with Crippen molar-refractivity contribution in [2.75, 3.05) is 46.4 Å². The number of amides is 3. The van der Waals surface area contributed by atoms with Crippen LogP contribution in [0.4, 0.5) is 4.79 Å². The van der Waals surface area contributed by atoms with Crippen LogP contribution in [-0.2, 0) is 21.3 Å². The second-order valence-electron chi connectivity index (χ2n) is 15.0. The summed E-state index contributed by atoms with van der Waals surface area (Å²) in [5.74, 6) is 1.26. The van der Waals surface area contributed by atoms with Gasteiger partial charge in [0.05, 0.1) is 18.7 Å². The molecule has 1 aromatic heterocycles. The molecule has 0 N–H and O–H groups in total. The summed E-state index contributed by atoms with van der Waals surface area (Å²) in [5.41, 5.74) is 1.14. The number of ether oxygens (including phenoxy) is 1. The van der Waals surface area contributed by atoms with Crippen molar-refractivity contribution in [1.29, 1.82) is 0 Å². The molecular formula is C39H48Cl2N6O3. The van der Waals surface area contributed by atoms with E-state index in [9.17, 15) is 4.79 Å². The van der Waals surface area contributed by atoms with E-state index in [1.54, 1.807) is 11.1 Å². The van der Waals surface area contributed by atoms with E-state index in [1.165, 1.54) is 0 Å². The Morgan fingerprint density at radius 3 is 2.10 bits per heavy atom. The first kappa shape index (κ1) is 36.1. The van der Waals surface area contributed by atoms with Crippen LogP contribution in [0.3, 0.4) is 0 Å². The van der Waals surface area contributed by atoms with Gasteiger partial charge in [-0.3, -0.25) is 24.6 Å². The van der Waals surface area contributed by atoms with Crippen molar-refractivity contribution in [3.8, 4) is 5.75 Å². The summed E-state index contributed by atoms with van der Waals surface area (Å²) in [6.07, 6.45) is 3.36. The first-order valence-electron chi connectivity index (χ1n) is 17.5. The lowest BCUT2D eigenvalue weighted by Gasteiger charge is -2.48. The highest BCUT2D eigenvalue weighted by Gasteiger charge is 2.60. The monoisotopic (exact) mass is 718 g/mol. The van der Waals surface area contributed by atoms with Gasteiger partial charge in [-0.1, -0.05) is 68.2 Å². The third kappa shape index (κ3) is 6.48. The van der Waals surface area contributed by atoms with Gasteiger partial charge in [-0.2, -0.15) is 0 Å². The molecule has 0 radical (unpaired) electrons. The number of piperidine rings is 1. The summed E-state index contributed by atoms with van der Waals surface area (Å²) >= 11 is 12.8. The number of hydrogen-bond donors (Lipinski definition) is 0. The number of halogens is 2. The topological polar surface area (TPSA) is 81.6 Å². The zero-order chi connectivity index (χ0) is 36.0. The van der Waals surface area contributed by atoms with E-state index in [1.807, 2.05) is 78.4 Å². The minimum Gasteiger partial charge on any atom is -0.493 e. The van der Waals surface area contributed by atoms with Crippen molar-refractivity contribution in [2.24, 2.45) is 4.99 Å². The molecule has 6 rings (SSSR count). The molecule has 4 heterocycles. The number of urea groups is 1. The number of carbonyl (C=O) groups is 2. The van der Waals surface area contributed by atoms with Crippen molar-refractivity contribution in [1.82, 2.24) is 24.6 Å². The van der Waals surface area contributed by atoms with E-state index in [-0.39, 0.29) is 23.4 Å². The Bertz CT molecular complexity index is 1770. The van der Waals surface area contributed by atoms with Crippen LogP contribution in [-0.4, -0.2) is 94.8 Å². The van der Waals surface area contributed by atoms with Gasteiger partial charge in [-0.05, 0) is 69.0 Å². The Labute approximate surface area is 306 Å². The number of benzene rings is 2. The molecule has 0 unspecified atom stereocenters. The Balaban J connectivity index is 1.48. The number of nitrogens with zero attached hydrogens (tertiary/aromatic N) is 6. The number of pyridine rings is 1. The number of aliphatic imine (C=N–C) groups is 1. The van der Waals surface area contributed by atoms with E-state index >= 15 is 4.79 Å². The summed E-state index contributed by atoms with van der Waals surface area (Å²) in [6.45, 7) is 16.0. The van der Waals surface area contributed by atoms with Gasteiger partial charge in [0, 0.05) is 72.7 Å². The second-order valence-corrected chi connectivity index (χ2v) is 15.8. The largest absolute Gasteiger partial charge is 0.493 e. The smallest absolute Gasteiger partial charge is 0.326 e.